The monoisotopic (exact) mass is 649 g/mol. The number of carbonyl (C=O) groups is 4. The van der Waals surface area contributed by atoms with E-state index in [0.717, 1.165) is 17.3 Å². The Labute approximate surface area is 267 Å². The van der Waals surface area contributed by atoms with Gasteiger partial charge in [0.15, 0.2) is 10.9 Å². The molecule has 3 N–H and O–H groups in total. The molecule has 3 aromatic rings. The molecule has 3 rings (SSSR count). The Morgan fingerprint density at radius 2 is 1.27 bits per heavy atom. The predicted octanol–water partition coefficient (Wildman–Crippen LogP) is 4.71. The number of nitrogens with one attached hydrogen (secondary N) is 3. The Hall–Kier alpha value is -4.52. The molecule has 0 spiro atoms. The van der Waals surface area contributed by atoms with Crippen LogP contribution < -0.4 is 25.0 Å². The molecule has 0 saturated heterocycles. The van der Waals surface area contributed by atoms with Gasteiger partial charge in [0, 0.05) is 19.3 Å². The van der Waals surface area contributed by atoms with Crippen molar-refractivity contribution in [2.24, 2.45) is 0 Å². The van der Waals surface area contributed by atoms with Crippen LogP contribution in [0.15, 0.2) is 91.0 Å². The number of hydrogen-bond donors (Lipinski definition) is 3. The summed E-state index contributed by atoms with van der Waals surface area (Å²) in [6.07, 6.45) is 5.68. The highest BCUT2D eigenvalue weighted by Crippen LogP contribution is 2.53. The smallest absolute Gasteiger partial charge is 0.415 e. The van der Waals surface area contributed by atoms with Crippen LogP contribution in [0, 0.1) is 12.3 Å². The highest BCUT2D eigenvalue weighted by molar-refractivity contribution is 8.14. The molecule has 0 aromatic heterocycles. The molecule has 0 aliphatic heterocycles. The van der Waals surface area contributed by atoms with Gasteiger partial charge in [0.2, 0.25) is 17.7 Å². The van der Waals surface area contributed by atoms with Crippen molar-refractivity contribution in [3.05, 3.63) is 96.6 Å². The van der Waals surface area contributed by atoms with Gasteiger partial charge in [-0.2, -0.15) is 0 Å². The molecule has 0 bridgehead atoms. The van der Waals surface area contributed by atoms with Gasteiger partial charge < -0.3 is 25.0 Å². The highest BCUT2D eigenvalue weighted by Gasteiger charge is 2.41. The van der Waals surface area contributed by atoms with Crippen LogP contribution in [0.4, 0.5) is 0 Å². The molecular formula is C33H36N3O7PS. The van der Waals surface area contributed by atoms with Gasteiger partial charge in [0.05, 0.1) is 5.75 Å². The fourth-order valence-corrected chi connectivity index (χ4v) is 6.38. The van der Waals surface area contributed by atoms with E-state index < -0.39 is 43.2 Å². The Bertz CT molecular complexity index is 1470. The number of thioether (sulfide) groups is 1. The largest absolute Gasteiger partial charge is 0.453 e. The summed E-state index contributed by atoms with van der Waals surface area (Å²) in [5.41, 5.74) is 0.764. The van der Waals surface area contributed by atoms with Crippen molar-refractivity contribution in [1.29, 1.82) is 0 Å². The molecular weight excluding hydrogens is 613 g/mol. The number of terminal acetylenes is 1. The van der Waals surface area contributed by atoms with Crippen molar-refractivity contribution in [2.75, 3.05) is 5.75 Å². The standard InChI is InChI=1S/C33H36N3O7PS/c1-4-5-21-31(38)45-23-29(37)34-24(2)32(39)35-25(3)33(40)36-30(22-26-15-9-6-10-16-26)44(41,42-27-17-11-7-12-18-27)43-28-19-13-8-14-20-28/h1,6-20,24-25,30H,5,21-23H2,2-3H3,(H,34,37)(H,35,39)(H,36,40)/t24-,25-,30?/m1/s1. The summed E-state index contributed by atoms with van der Waals surface area (Å²) < 4.78 is 26.6. The third kappa shape index (κ3) is 11.8. The molecule has 0 radical (unpaired) electrons. The lowest BCUT2D eigenvalue weighted by atomic mass is 10.1. The maximum absolute atomic E-state index is 14.6. The quantitative estimate of drug-likeness (QED) is 0.150. The summed E-state index contributed by atoms with van der Waals surface area (Å²) in [4.78, 5) is 50.3. The third-order valence-electron chi connectivity index (χ3n) is 6.27. The minimum absolute atomic E-state index is 0.0916. The van der Waals surface area contributed by atoms with Crippen molar-refractivity contribution >= 4 is 42.2 Å². The first-order chi connectivity index (χ1) is 21.6. The Morgan fingerprint density at radius 1 is 0.778 bits per heavy atom. The van der Waals surface area contributed by atoms with Crippen LogP contribution in [0.2, 0.25) is 0 Å². The van der Waals surface area contributed by atoms with Crippen LogP contribution in [0.1, 0.15) is 32.3 Å². The van der Waals surface area contributed by atoms with E-state index in [4.69, 9.17) is 15.5 Å². The van der Waals surface area contributed by atoms with Crippen LogP contribution in [0.25, 0.3) is 0 Å². The summed E-state index contributed by atoms with van der Waals surface area (Å²) in [5.74, 6) is -0.192. The van der Waals surface area contributed by atoms with Crippen molar-refractivity contribution in [3.63, 3.8) is 0 Å². The Balaban J connectivity index is 1.74. The van der Waals surface area contributed by atoms with Gasteiger partial charge in [-0.15, -0.1) is 12.3 Å². The van der Waals surface area contributed by atoms with Gasteiger partial charge in [-0.05, 0) is 43.7 Å². The van der Waals surface area contributed by atoms with Gasteiger partial charge in [-0.3, -0.25) is 19.2 Å². The molecule has 236 valence electrons. The zero-order chi connectivity index (χ0) is 32.7. The molecule has 3 amide bonds. The van der Waals surface area contributed by atoms with Crippen molar-refractivity contribution in [3.8, 4) is 23.8 Å². The van der Waals surface area contributed by atoms with E-state index in [1.165, 1.54) is 13.8 Å². The first kappa shape index (κ1) is 35.0. The number of benzene rings is 3. The maximum atomic E-state index is 14.6. The number of carbonyl (C=O) groups excluding carboxylic acids is 4. The lowest BCUT2D eigenvalue weighted by molar-refractivity contribution is -0.131. The second kappa shape index (κ2) is 17.7. The van der Waals surface area contributed by atoms with Gasteiger partial charge >= 0.3 is 7.60 Å². The zero-order valence-electron chi connectivity index (χ0n) is 25.0. The van der Waals surface area contributed by atoms with E-state index in [1.54, 1.807) is 60.7 Å². The van der Waals surface area contributed by atoms with E-state index in [0.29, 0.717) is 0 Å². The summed E-state index contributed by atoms with van der Waals surface area (Å²) in [6.45, 7) is 2.92. The molecule has 1 unspecified atom stereocenters. The average molecular weight is 650 g/mol. The topological polar surface area (TPSA) is 140 Å². The maximum Gasteiger partial charge on any atom is 0.453 e. The third-order valence-corrected chi connectivity index (χ3v) is 9.21. The number of rotatable bonds is 16. The highest BCUT2D eigenvalue weighted by atomic mass is 32.2. The summed E-state index contributed by atoms with van der Waals surface area (Å²) >= 11 is 0.815. The number of para-hydroxylation sites is 2. The number of hydrogen-bond acceptors (Lipinski definition) is 8. The average Bonchev–Trinajstić information content (AvgIpc) is 3.03. The molecule has 0 saturated carbocycles. The van der Waals surface area contributed by atoms with Gasteiger partial charge in [-0.1, -0.05) is 78.5 Å². The molecule has 3 atom stereocenters. The van der Waals surface area contributed by atoms with E-state index in [-0.39, 0.29) is 41.6 Å². The van der Waals surface area contributed by atoms with E-state index >= 15 is 0 Å². The lowest BCUT2D eigenvalue weighted by Gasteiger charge is -2.29. The van der Waals surface area contributed by atoms with E-state index in [2.05, 4.69) is 21.9 Å². The van der Waals surface area contributed by atoms with Crippen LogP contribution >= 0.6 is 19.4 Å². The van der Waals surface area contributed by atoms with Crippen molar-refractivity contribution < 1.29 is 32.8 Å². The van der Waals surface area contributed by atoms with Gasteiger partial charge in [-0.25, -0.2) is 4.57 Å². The molecule has 10 nitrogen and oxygen atoms in total. The van der Waals surface area contributed by atoms with Crippen LogP contribution in [0.5, 0.6) is 11.5 Å². The zero-order valence-corrected chi connectivity index (χ0v) is 26.7. The molecule has 0 aliphatic carbocycles. The minimum Gasteiger partial charge on any atom is -0.415 e. The van der Waals surface area contributed by atoms with Crippen molar-refractivity contribution in [1.82, 2.24) is 16.0 Å². The fourth-order valence-electron chi connectivity index (χ4n) is 3.92. The first-order valence-electron chi connectivity index (χ1n) is 14.2. The second-order valence-corrected chi connectivity index (χ2v) is 13.0. The molecule has 3 aromatic carbocycles. The normalized spacial score (nSPS) is 12.8. The van der Waals surface area contributed by atoms with Crippen molar-refractivity contribution in [2.45, 2.75) is 51.0 Å². The molecule has 12 heteroatoms. The van der Waals surface area contributed by atoms with Crippen LogP contribution in [-0.2, 0) is 30.2 Å². The fraction of sp³-hybridized carbons (Fsp3) is 0.273. The summed E-state index contributed by atoms with van der Waals surface area (Å²) in [5, 5.41) is 7.62. The summed E-state index contributed by atoms with van der Waals surface area (Å²) in [7, 11) is -4.17. The number of amides is 3. The minimum atomic E-state index is -4.17. The van der Waals surface area contributed by atoms with Crippen LogP contribution in [-0.4, -0.2) is 46.5 Å². The van der Waals surface area contributed by atoms with E-state index in [9.17, 15) is 23.7 Å². The molecule has 45 heavy (non-hydrogen) atoms. The molecule has 0 heterocycles. The van der Waals surface area contributed by atoms with E-state index in [1.807, 2.05) is 30.3 Å². The molecule has 0 aliphatic rings. The van der Waals surface area contributed by atoms with Gasteiger partial charge in [0.1, 0.15) is 23.6 Å². The summed E-state index contributed by atoms with van der Waals surface area (Å²) in [6, 6.07) is 24.0. The predicted molar refractivity (Wildman–Crippen MR) is 175 cm³/mol. The van der Waals surface area contributed by atoms with Gasteiger partial charge in [0.25, 0.3) is 0 Å². The first-order valence-corrected chi connectivity index (χ1v) is 16.8. The lowest BCUT2D eigenvalue weighted by Crippen LogP contribution is -2.53. The Morgan fingerprint density at radius 3 is 1.80 bits per heavy atom. The SMILES string of the molecule is C#CCCC(=O)SCC(=O)N[C@H](C)C(=O)N[C@H](C)C(=O)NC(Cc1ccccc1)P(=O)(Oc1ccccc1)Oc1ccccc1. The Kier molecular flexibility index (Phi) is 13.7. The van der Waals surface area contributed by atoms with Crippen LogP contribution in [0.3, 0.4) is 0 Å². The molecule has 0 fully saturated rings. The second-order valence-electron chi connectivity index (χ2n) is 9.95.